The number of nitrogens with zero attached hydrogens (tertiary/aromatic N) is 1. The van der Waals surface area contributed by atoms with Crippen molar-refractivity contribution in [2.75, 3.05) is 6.61 Å². The standard InChI is InChI=1S/C17H18F2N2O5.ClH/c1-8(20)14-13(16(22)23)21-15(26-14)10-4-5-11(25-17(18)19)12(6-10)24-7-9-2-3-9;/h4-6,8-9,17H,2-3,7,20H2,1H3,(H,22,23);1H/t8-;/m0./s1. The Labute approximate surface area is 159 Å². The van der Waals surface area contributed by atoms with Gasteiger partial charge in [0, 0.05) is 5.56 Å². The van der Waals surface area contributed by atoms with Crippen LogP contribution in [-0.4, -0.2) is 29.3 Å². The molecule has 27 heavy (non-hydrogen) atoms. The van der Waals surface area contributed by atoms with Crippen LogP contribution in [-0.2, 0) is 0 Å². The highest BCUT2D eigenvalue weighted by molar-refractivity contribution is 5.87. The molecule has 7 nitrogen and oxygen atoms in total. The molecule has 0 bridgehead atoms. The van der Waals surface area contributed by atoms with Gasteiger partial charge in [-0.05, 0) is 43.9 Å². The van der Waals surface area contributed by atoms with Gasteiger partial charge < -0.3 is 24.7 Å². The monoisotopic (exact) mass is 404 g/mol. The first-order chi connectivity index (χ1) is 12.3. The van der Waals surface area contributed by atoms with Crippen molar-refractivity contribution in [3.8, 4) is 23.0 Å². The van der Waals surface area contributed by atoms with Crippen LogP contribution in [0.25, 0.3) is 11.5 Å². The molecular formula is C17H19ClF2N2O5. The van der Waals surface area contributed by atoms with Crippen LogP contribution in [0.5, 0.6) is 11.5 Å². The van der Waals surface area contributed by atoms with Gasteiger partial charge in [0.1, 0.15) is 0 Å². The van der Waals surface area contributed by atoms with Crippen LogP contribution in [0, 0.1) is 5.92 Å². The Balaban J connectivity index is 0.00000261. The lowest BCUT2D eigenvalue weighted by atomic mass is 10.2. The van der Waals surface area contributed by atoms with Gasteiger partial charge in [0.05, 0.1) is 12.6 Å². The number of rotatable bonds is 8. The molecule has 1 saturated carbocycles. The Morgan fingerprint density at radius 1 is 1.41 bits per heavy atom. The molecule has 1 aliphatic rings. The number of ether oxygens (including phenoxy) is 2. The van der Waals surface area contributed by atoms with Gasteiger partial charge in [-0.2, -0.15) is 8.78 Å². The SMILES string of the molecule is C[C@H](N)c1oc(-c2ccc(OC(F)F)c(OCC3CC3)c2)nc1C(=O)O.Cl. The number of carboxylic acids is 1. The number of hydrogen-bond acceptors (Lipinski definition) is 6. The van der Waals surface area contributed by atoms with Crippen molar-refractivity contribution in [1.82, 2.24) is 4.98 Å². The quantitative estimate of drug-likeness (QED) is 0.687. The number of halogens is 3. The molecule has 1 aliphatic carbocycles. The van der Waals surface area contributed by atoms with Crippen molar-refractivity contribution in [3.05, 3.63) is 29.7 Å². The highest BCUT2D eigenvalue weighted by atomic mass is 35.5. The second kappa shape index (κ2) is 8.53. The van der Waals surface area contributed by atoms with E-state index in [4.69, 9.17) is 14.9 Å². The van der Waals surface area contributed by atoms with E-state index in [-0.39, 0.29) is 41.3 Å². The summed E-state index contributed by atoms with van der Waals surface area (Å²) in [6, 6.07) is 3.50. The summed E-state index contributed by atoms with van der Waals surface area (Å²) in [6.07, 6.45) is 2.06. The van der Waals surface area contributed by atoms with Crippen molar-refractivity contribution < 1.29 is 32.6 Å². The summed E-state index contributed by atoms with van der Waals surface area (Å²) in [5.74, 6) is -0.817. The third kappa shape index (κ3) is 5.08. The van der Waals surface area contributed by atoms with E-state index in [0.29, 0.717) is 18.1 Å². The molecule has 0 saturated heterocycles. The maximum absolute atomic E-state index is 12.6. The van der Waals surface area contributed by atoms with E-state index in [0.717, 1.165) is 12.8 Å². The lowest BCUT2D eigenvalue weighted by Gasteiger charge is -2.12. The second-order valence-corrected chi connectivity index (χ2v) is 6.12. The summed E-state index contributed by atoms with van der Waals surface area (Å²) in [5.41, 5.74) is 5.79. The van der Waals surface area contributed by atoms with E-state index < -0.39 is 18.6 Å². The summed E-state index contributed by atoms with van der Waals surface area (Å²) >= 11 is 0. The average Bonchev–Trinajstić information content (AvgIpc) is 3.28. The molecule has 148 valence electrons. The maximum atomic E-state index is 12.6. The van der Waals surface area contributed by atoms with Crippen LogP contribution in [0.1, 0.15) is 42.1 Å². The molecule has 0 unspecified atom stereocenters. The number of carbonyl (C=O) groups is 1. The fourth-order valence-corrected chi connectivity index (χ4v) is 2.36. The first-order valence-corrected chi connectivity index (χ1v) is 8.06. The van der Waals surface area contributed by atoms with Crippen molar-refractivity contribution in [2.45, 2.75) is 32.4 Å². The van der Waals surface area contributed by atoms with E-state index in [2.05, 4.69) is 9.72 Å². The van der Waals surface area contributed by atoms with Gasteiger partial charge in [-0.15, -0.1) is 12.4 Å². The number of hydrogen-bond donors (Lipinski definition) is 2. The van der Waals surface area contributed by atoms with E-state index in [9.17, 15) is 18.7 Å². The van der Waals surface area contributed by atoms with Gasteiger partial charge in [0.2, 0.25) is 5.89 Å². The number of carboxylic acid groups (broad SMARTS) is 1. The minimum absolute atomic E-state index is 0. The highest BCUT2D eigenvalue weighted by Gasteiger charge is 2.25. The Kier molecular flexibility index (Phi) is 6.61. The zero-order valence-electron chi connectivity index (χ0n) is 14.4. The molecule has 1 heterocycles. The smallest absolute Gasteiger partial charge is 0.387 e. The number of alkyl halides is 2. The third-order valence-electron chi connectivity index (χ3n) is 3.85. The molecule has 0 spiro atoms. The number of nitrogens with two attached hydrogens (primary N) is 1. The van der Waals surface area contributed by atoms with Gasteiger partial charge in [0.15, 0.2) is 23.0 Å². The summed E-state index contributed by atoms with van der Waals surface area (Å²) in [5, 5.41) is 9.22. The van der Waals surface area contributed by atoms with E-state index in [1.807, 2.05) is 0 Å². The molecule has 1 aromatic heterocycles. The Morgan fingerprint density at radius 2 is 2.11 bits per heavy atom. The van der Waals surface area contributed by atoms with Gasteiger partial charge in [-0.1, -0.05) is 0 Å². The summed E-state index contributed by atoms with van der Waals surface area (Å²) in [4.78, 5) is 15.2. The molecule has 0 radical (unpaired) electrons. The lowest BCUT2D eigenvalue weighted by Crippen LogP contribution is -2.10. The van der Waals surface area contributed by atoms with Gasteiger partial charge >= 0.3 is 12.6 Å². The predicted octanol–water partition coefficient (Wildman–Crippen LogP) is 3.87. The van der Waals surface area contributed by atoms with E-state index in [1.165, 1.54) is 18.2 Å². The molecule has 0 amide bonds. The average molecular weight is 405 g/mol. The van der Waals surface area contributed by atoms with Crippen molar-refractivity contribution in [1.29, 1.82) is 0 Å². The lowest BCUT2D eigenvalue weighted by molar-refractivity contribution is -0.0515. The zero-order chi connectivity index (χ0) is 18.8. The topological polar surface area (TPSA) is 108 Å². The van der Waals surface area contributed by atoms with Gasteiger partial charge in [0.25, 0.3) is 0 Å². The molecule has 0 aliphatic heterocycles. The van der Waals surface area contributed by atoms with Crippen LogP contribution in [0.2, 0.25) is 0 Å². The van der Waals surface area contributed by atoms with Crippen molar-refractivity contribution >= 4 is 18.4 Å². The second-order valence-electron chi connectivity index (χ2n) is 6.12. The fourth-order valence-electron chi connectivity index (χ4n) is 2.36. The third-order valence-corrected chi connectivity index (χ3v) is 3.85. The molecule has 2 aromatic rings. The van der Waals surface area contributed by atoms with Crippen LogP contribution in [0.3, 0.4) is 0 Å². The first kappa shape index (κ1) is 20.9. The molecule has 3 rings (SSSR count). The van der Waals surface area contributed by atoms with Crippen LogP contribution in [0.4, 0.5) is 8.78 Å². The molecule has 3 N–H and O–H groups in total. The van der Waals surface area contributed by atoms with Gasteiger partial charge in [-0.25, -0.2) is 9.78 Å². The molecule has 1 atom stereocenters. The summed E-state index contributed by atoms with van der Waals surface area (Å²) in [7, 11) is 0. The van der Waals surface area contributed by atoms with Crippen LogP contribution >= 0.6 is 12.4 Å². The van der Waals surface area contributed by atoms with E-state index >= 15 is 0 Å². The van der Waals surface area contributed by atoms with E-state index in [1.54, 1.807) is 6.92 Å². The number of aromatic nitrogens is 1. The van der Waals surface area contributed by atoms with Crippen LogP contribution < -0.4 is 15.2 Å². The van der Waals surface area contributed by atoms with Crippen molar-refractivity contribution in [2.24, 2.45) is 11.7 Å². The Hall–Kier alpha value is -2.39. The minimum Gasteiger partial charge on any atom is -0.489 e. The normalized spacial score (nSPS) is 14.6. The minimum atomic E-state index is -2.99. The zero-order valence-corrected chi connectivity index (χ0v) is 15.2. The maximum Gasteiger partial charge on any atom is 0.387 e. The molecule has 1 fully saturated rings. The molecular weight excluding hydrogens is 386 g/mol. The highest BCUT2D eigenvalue weighted by Crippen LogP contribution is 2.37. The summed E-state index contributed by atoms with van der Waals surface area (Å²) < 4.78 is 40.7. The Bertz CT molecular complexity index is 809. The predicted molar refractivity (Wildman–Crippen MR) is 93.6 cm³/mol. The van der Waals surface area contributed by atoms with Crippen LogP contribution in [0.15, 0.2) is 22.6 Å². The summed E-state index contributed by atoms with van der Waals surface area (Å²) in [6.45, 7) is -1.03. The number of benzene rings is 1. The molecule has 1 aromatic carbocycles. The Morgan fingerprint density at radius 3 is 2.63 bits per heavy atom. The number of aromatic carboxylic acids is 1. The fraction of sp³-hybridized carbons (Fsp3) is 0.412. The van der Waals surface area contributed by atoms with Gasteiger partial charge in [-0.3, -0.25) is 0 Å². The first-order valence-electron chi connectivity index (χ1n) is 8.06. The number of oxazole rings is 1. The largest absolute Gasteiger partial charge is 0.489 e. The molecule has 10 heteroatoms. The van der Waals surface area contributed by atoms with Crippen molar-refractivity contribution in [3.63, 3.8) is 0 Å².